The van der Waals surface area contributed by atoms with E-state index in [-0.39, 0.29) is 23.9 Å². The standard InChI is InChI=1S/C11H12BrN3O3/c1-18-11(17)8-2-6(12)4-14-10(8)15-5-7(13)3-9(15)16/h2,4,7H,3,5,13H2,1H3. The van der Waals surface area contributed by atoms with Crippen molar-refractivity contribution < 1.29 is 14.3 Å². The van der Waals surface area contributed by atoms with Gasteiger partial charge in [-0.05, 0) is 22.0 Å². The van der Waals surface area contributed by atoms with Crippen molar-refractivity contribution in [2.75, 3.05) is 18.6 Å². The summed E-state index contributed by atoms with van der Waals surface area (Å²) >= 11 is 3.23. The van der Waals surface area contributed by atoms with Gasteiger partial charge in [-0.15, -0.1) is 0 Å². The van der Waals surface area contributed by atoms with Crippen LogP contribution in [0.2, 0.25) is 0 Å². The molecule has 1 aliphatic heterocycles. The molecule has 0 radical (unpaired) electrons. The molecule has 0 bridgehead atoms. The summed E-state index contributed by atoms with van der Waals surface area (Å²) in [5.74, 6) is -0.377. The molecule has 1 aromatic rings. The number of methoxy groups -OCH3 is 1. The number of nitrogens with two attached hydrogens (primary N) is 1. The molecular weight excluding hydrogens is 302 g/mol. The largest absolute Gasteiger partial charge is 0.465 e. The Morgan fingerprint density at radius 2 is 2.39 bits per heavy atom. The number of esters is 1. The Kier molecular flexibility index (Phi) is 3.63. The van der Waals surface area contributed by atoms with E-state index in [4.69, 9.17) is 5.73 Å². The van der Waals surface area contributed by atoms with Crippen molar-refractivity contribution in [1.29, 1.82) is 0 Å². The van der Waals surface area contributed by atoms with Crippen molar-refractivity contribution in [2.45, 2.75) is 12.5 Å². The topological polar surface area (TPSA) is 85.5 Å². The number of ether oxygens (including phenoxy) is 1. The van der Waals surface area contributed by atoms with E-state index in [9.17, 15) is 9.59 Å². The second-order valence-corrected chi connectivity index (χ2v) is 4.90. The molecule has 0 aliphatic carbocycles. The van der Waals surface area contributed by atoms with Gasteiger partial charge in [0, 0.05) is 29.7 Å². The first-order valence-corrected chi connectivity index (χ1v) is 6.12. The fourth-order valence-corrected chi connectivity index (χ4v) is 2.18. The number of nitrogens with zero attached hydrogens (tertiary/aromatic N) is 2. The number of hydrogen-bond acceptors (Lipinski definition) is 5. The molecule has 1 saturated heterocycles. The molecule has 1 fully saturated rings. The van der Waals surface area contributed by atoms with E-state index in [2.05, 4.69) is 25.7 Å². The van der Waals surface area contributed by atoms with E-state index in [0.29, 0.717) is 16.8 Å². The molecule has 6 nitrogen and oxygen atoms in total. The molecule has 1 unspecified atom stereocenters. The quantitative estimate of drug-likeness (QED) is 0.812. The van der Waals surface area contributed by atoms with Crippen LogP contribution in [0.15, 0.2) is 16.7 Å². The van der Waals surface area contributed by atoms with Crippen LogP contribution in [0.3, 0.4) is 0 Å². The molecule has 1 aromatic heterocycles. The van der Waals surface area contributed by atoms with E-state index in [0.717, 1.165) is 0 Å². The minimum absolute atomic E-state index is 0.137. The molecule has 0 saturated carbocycles. The van der Waals surface area contributed by atoms with Crippen LogP contribution in [0.25, 0.3) is 0 Å². The number of hydrogen-bond donors (Lipinski definition) is 1. The Hall–Kier alpha value is -1.47. The smallest absolute Gasteiger partial charge is 0.341 e. The lowest BCUT2D eigenvalue weighted by Gasteiger charge is -2.17. The summed E-state index contributed by atoms with van der Waals surface area (Å²) in [4.78, 5) is 29.0. The molecular formula is C11H12BrN3O3. The summed E-state index contributed by atoms with van der Waals surface area (Å²) in [6, 6.07) is 1.35. The highest BCUT2D eigenvalue weighted by atomic mass is 79.9. The van der Waals surface area contributed by atoms with E-state index in [1.54, 1.807) is 6.07 Å². The summed E-state index contributed by atoms with van der Waals surface area (Å²) in [5.41, 5.74) is 5.97. The first kappa shape index (κ1) is 13.0. The average Bonchev–Trinajstić information content (AvgIpc) is 2.67. The number of pyridine rings is 1. The molecule has 96 valence electrons. The lowest BCUT2D eigenvalue weighted by atomic mass is 10.2. The average molecular weight is 314 g/mol. The number of carbonyl (C=O) groups is 2. The monoisotopic (exact) mass is 313 g/mol. The Morgan fingerprint density at radius 3 is 2.94 bits per heavy atom. The van der Waals surface area contributed by atoms with Gasteiger partial charge >= 0.3 is 5.97 Å². The fraction of sp³-hybridized carbons (Fsp3) is 0.364. The normalized spacial score (nSPS) is 19.2. The van der Waals surface area contributed by atoms with Crippen LogP contribution in [-0.2, 0) is 9.53 Å². The van der Waals surface area contributed by atoms with Gasteiger partial charge in [0.2, 0.25) is 5.91 Å². The molecule has 0 aromatic carbocycles. The van der Waals surface area contributed by atoms with Gasteiger partial charge in [-0.1, -0.05) is 0 Å². The van der Waals surface area contributed by atoms with Crippen molar-refractivity contribution in [3.05, 3.63) is 22.3 Å². The summed E-state index contributed by atoms with van der Waals surface area (Å²) < 4.78 is 5.33. The fourth-order valence-electron chi connectivity index (χ4n) is 1.85. The molecule has 2 N–H and O–H groups in total. The third-order valence-electron chi connectivity index (χ3n) is 2.65. The van der Waals surface area contributed by atoms with E-state index < -0.39 is 5.97 Å². The van der Waals surface area contributed by atoms with Gasteiger partial charge in [0.1, 0.15) is 11.4 Å². The predicted octanol–water partition coefficient (Wildman–Crippen LogP) is 0.695. The van der Waals surface area contributed by atoms with E-state index in [1.165, 1.54) is 18.2 Å². The highest BCUT2D eigenvalue weighted by Crippen LogP contribution is 2.25. The lowest BCUT2D eigenvalue weighted by molar-refractivity contribution is -0.117. The van der Waals surface area contributed by atoms with Crippen LogP contribution in [0.5, 0.6) is 0 Å². The SMILES string of the molecule is COC(=O)c1cc(Br)cnc1N1CC(N)CC1=O. The maximum Gasteiger partial charge on any atom is 0.341 e. The zero-order valence-electron chi connectivity index (χ0n) is 9.72. The summed E-state index contributed by atoms with van der Waals surface area (Å²) in [7, 11) is 1.28. The zero-order valence-corrected chi connectivity index (χ0v) is 11.3. The van der Waals surface area contributed by atoms with Crippen molar-refractivity contribution in [3.63, 3.8) is 0 Å². The van der Waals surface area contributed by atoms with Crippen LogP contribution in [0, 0.1) is 0 Å². The van der Waals surface area contributed by atoms with Crippen molar-refractivity contribution >= 4 is 33.6 Å². The Morgan fingerprint density at radius 1 is 1.67 bits per heavy atom. The highest BCUT2D eigenvalue weighted by molar-refractivity contribution is 9.10. The van der Waals surface area contributed by atoms with Gasteiger partial charge in [-0.25, -0.2) is 9.78 Å². The summed E-state index contributed by atoms with van der Waals surface area (Å²) in [6.45, 7) is 0.359. The molecule has 1 aliphatic rings. The molecule has 2 rings (SSSR count). The van der Waals surface area contributed by atoms with Crippen LogP contribution in [0.4, 0.5) is 5.82 Å². The van der Waals surface area contributed by atoms with Gasteiger partial charge < -0.3 is 10.5 Å². The Balaban J connectivity index is 2.44. The minimum Gasteiger partial charge on any atom is -0.465 e. The number of carbonyl (C=O) groups excluding carboxylic acids is 2. The second-order valence-electron chi connectivity index (χ2n) is 3.98. The van der Waals surface area contributed by atoms with Gasteiger partial charge in [-0.3, -0.25) is 9.69 Å². The first-order valence-electron chi connectivity index (χ1n) is 5.32. The van der Waals surface area contributed by atoms with Gasteiger partial charge in [-0.2, -0.15) is 0 Å². The third kappa shape index (κ3) is 2.37. The summed E-state index contributed by atoms with van der Waals surface area (Å²) in [6.07, 6.45) is 1.79. The van der Waals surface area contributed by atoms with Gasteiger partial charge in [0.15, 0.2) is 0 Å². The number of halogens is 1. The molecule has 0 spiro atoms. The van der Waals surface area contributed by atoms with E-state index in [1.807, 2.05) is 0 Å². The molecule has 18 heavy (non-hydrogen) atoms. The Labute approximate surface area is 112 Å². The number of anilines is 1. The van der Waals surface area contributed by atoms with Gasteiger partial charge in [0.25, 0.3) is 0 Å². The highest BCUT2D eigenvalue weighted by Gasteiger charge is 2.32. The molecule has 2 heterocycles. The maximum absolute atomic E-state index is 11.8. The van der Waals surface area contributed by atoms with Crippen molar-refractivity contribution in [1.82, 2.24) is 4.98 Å². The van der Waals surface area contributed by atoms with Crippen molar-refractivity contribution in [2.24, 2.45) is 5.73 Å². The first-order chi connectivity index (χ1) is 8.52. The zero-order chi connectivity index (χ0) is 13.3. The molecule has 1 atom stereocenters. The number of amides is 1. The van der Waals surface area contributed by atoms with Crippen LogP contribution in [-0.4, -0.2) is 36.6 Å². The van der Waals surface area contributed by atoms with Crippen molar-refractivity contribution in [3.8, 4) is 0 Å². The molecule has 1 amide bonds. The second kappa shape index (κ2) is 5.03. The van der Waals surface area contributed by atoms with E-state index >= 15 is 0 Å². The number of rotatable bonds is 2. The van der Waals surface area contributed by atoms with Gasteiger partial charge in [0.05, 0.1) is 7.11 Å². The van der Waals surface area contributed by atoms with Crippen LogP contribution in [0.1, 0.15) is 16.8 Å². The number of aromatic nitrogens is 1. The Bertz CT molecular complexity index is 506. The van der Waals surface area contributed by atoms with Crippen LogP contribution < -0.4 is 10.6 Å². The summed E-state index contributed by atoms with van der Waals surface area (Å²) in [5, 5.41) is 0. The maximum atomic E-state index is 11.8. The molecule has 7 heteroatoms. The minimum atomic E-state index is -0.535. The predicted molar refractivity (Wildman–Crippen MR) is 68.2 cm³/mol. The third-order valence-corrected chi connectivity index (χ3v) is 3.08. The lowest BCUT2D eigenvalue weighted by Crippen LogP contribution is -2.30. The van der Waals surface area contributed by atoms with Crippen LogP contribution >= 0.6 is 15.9 Å².